The number of hydrogen-bond donors (Lipinski definition) is 2. The molecule has 6 nitrogen and oxygen atoms in total. The lowest BCUT2D eigenvalue weighted by molar-refractivity contribution is 0.120. The Bertz CT molecular complexity index is 151. The number of phosphoric acid groups is 1. The van der Waals surface area contributed by atoms with Gasteiger partial charge in [-0.2, -0.15) is 0 Å². The minimum Gasteiger partial charge on any atom is -0.449 e. The molecule has 0 saturated heterocycles. The van der Waals surface area contributed by atoms with Crippen molar-refractivity contribution in [1.82, 2.24) is 0 Å². The lowest BCUT2D eigenvalue weighted by Crippen LogP contribution is -1.98. The Hall–Kier alpha value is -0.580. The van der Waals surface area contributed by atoms with Crippen LogP contribution in [0.4, 0.5) is 4.79 Å². The normalized spacial score (nSPS) is 16.2. The molecule has 0 radical (unpaired) electrons. The second-order valence-corrected chi connectivity index (χ2v) is 2.49. The van der Waals surface area contributed by atoms with Gasteiger partial charge in [-0.25, -0.2) is 9.36 Å². The van der Waals surface area contributed by atoms with Crippen molar-refractivity contribution >= 4 is 14.0 Å². The van der Waals surface area contributed by atoms with E-state index in [2.05, 4.69) is 9.05 Å². The van der Waals surface area contributed by atoms with E-state index in [1.807, 2.05) is 0 Å². The Labute approximate surface area is 50.6 Å². The first-order valence-corrected chi connectivity index (χ1v) is 3.28. The minimum atomic E-state index is -4.33. The van der Waals surface area contributed by atoms with Crippen LogP contribution in [0.25, 0.3) is 0 Å². The molecule has 2 N–H and O–H groups in total. The molecule has 9 heavy (non-hydrogen) atoms. The molecule has 0 aromatic heterocycles. The van der Waals surface area contributed by atoms with Crippen LogP contribution in [0.3, 0.4) is 0 Å². The smallest absolute Gasteiger partial charge is 0.449 e. The van der Waals surface area contributed by atoms with E-state index >= 15 is 0 Å². The van der Waals surface area contributed by atoms with Gasteiger partial charge >= 0.3 is 14.0 Å². The van der Waals surface area contributed by atoms with Gasteiger partial charge in [0.15, 0.2) is 0 Å². The third-order valence-corrected chi connectivity index (χ3v) is 1.27. The molecule has 0 aromatic carbocycles. The first kappa shape index (κ1) is 8.42. The average molecular weight is 156 g/mol. The maximum absolute atomic E-state index is 10.1. The molecule has 0 aliphatic rings. The largest absolute Gasteiger partial charge is 0.531 e. The summed E-state index contributed by atoms with van der Waals surface area (Å²) in [5.74, 6) is 0. The van der Waals surface area contributed by atoms with Crippen LogP contribution in [0.2, 0.25) is 0 Å². The Kier molecular flexibility index (Phi) is 2.64. The molecule has 0 rings (SSSR count). The fourth-order valence-electron chi connectivity index (χ4n) is 0.136. The highest BCUT2D eigenvalue weighted by Gasteiger charge is 2.23. The summed E-state index contributed by atoms with van der Waals surface area (Å²) < 4.78 is 17.3. The van der Waals surface area contributed by atoms with Gasteiger partial charge in [0.1, 0.15) is 0 Å². The summed E-state index contributed by atoms with van der Waals surface area (Å²) in [6.45, 7) is 0. The SMILES string of the molecule is COP(=O)(O)OC(=O)O. The van der Waals surface area contributed by atoms with Gasteiger partial charge in [-0.3, -0.25) is 9.42 Å². The molecule has 0 aliphatic heterocycles. The van der Waals surface area contributed by atoms with E-state index in [0.29, 0.717) is 0 Å². The maximum atomic E-state index is 10.1. The molecular weight excluding hydrogens is 151 g/mol. The van der Waals surface area contributed by atoms with Crippen molar-refractivity contribution in [3.8, 4) is 0 Å². The summed E-state index contributed by atoms with van der Waals surface area (Å²) in [5.41, 5.74) is 0. The fraction of sp³-hybridized carbons (Fsp3) is 0.500. The summed E-state index contributed by atoms with van der Waals surface area (Å²) in [5, 5.41) is 7.75. The van der Waals surface area contributed by atoms with Crippen LogP contribution < -0.4 is 0 Å². The van der Waals surface area contributed by atoms with Gasteiger partial charge in [0.05, 0.1) is 0 Å². The van der Waals surface area contributed by atoms with E-state index in [1.165, 1.54) is 0 Å². The number of carbonyl (C=O) groups is 1. The molecule has 54 valence electrons. The van der Waals surface area contributed by atoms with E-state index in [9.17, 15) is 9.36 Å². The van der Waals surface area contributed by atoms with Crippen molar-refractivity contribution in [1.29, 1.82) is 0 Å². The predicted molar refractivity (Wildman–Crippen MR) is 25.9 cm³/mol. The van der Waals surface area contributed by atoms with Crippen molar-refractivity contribution in [2.24, 2.45) is 0 Å². The van der Waals surface area contributed by atoms with E-state index in [-0.39, 0.29) is 0 Å². The zero-order valence-electron chi connectivity index (χ0n) is 4.47. The Morgan fingerprint density at radius 3 is 2.22 bits per heavy atom. The molecule has 1 unspecified atom stereocenters. The van der Waals surface area contributed by atoms with Gasteiger partial charge in [-0.05, 0) is 0 Å². The number of carboxylic acid groups (broad SMARTS) is 1. The highest BCUT2D eigenvalue weighted by molar-refractivity contribution is 7.47. The quantitative estimate of drug-likeness (QED) is 0.563. The number of hydrogen-bond acceptors (Lipinski definition) is 4. The third-order valence-electron chi connectivity index (χ3n) is 0.424. The third kappa shape index (κ3) is 3.96. The number of rotatable bonds is 2. The van der Waals surface area contributed by atoms with Crippen LogP contribution in [-0.2, 0) is 13.6 Å². The summed E-state index contributed by atoms with van der Waals surface area (Å²) in [7, 11) is -3.46. The van der Waals surface area contributed by atoms with Gasteiger partial charge in [0, 0.05) is 7.11 Å². The predicted octanol–water partition coefficient (Wildman–Crippen LogP) is 0.428. The molecule has 0 saturated carbocycles. The first-order valence-electron chi connectivity index (χ1n) is 1.79. The monoisotopic (exact) mass is 156 g/mol. The van der Waals surface area contributed by atoms with Crippen molar-refractivity contribution in [2.75, 3.05) is 7.11 Å². The van der Waals surface area contributed by atoms with Gasteiger partial charge < -0.3 is 9.63 Å². The molecule has 7 heteroatoms. The Morgan fingerprint density at radius 2 is 2.11 bits per heavy atom. The summed E-state index contributed by atoms with van der Waals surface area (Å²) >= 11 is 0. The van der Waals surface area contributed by atoms with E-state index < -0.39 is 14.0 Å². The highest BCUT2D eigenvalue weighted by atomic mass is 31.2. The zero-order valence-corrected chi connectivity index (χ0v) is 5.37. The lowest BCUT2D eigenvalue weighted by atomic mass is 11.5. The fourth-order valence-corrected chi connectivity index (χ4v) is 0.408. The van der Waals surface area contributed by atoms with Crippen molar-refractivity contribution in [3.05, 3.63) is 0 Å². The second-order valence-electron chi connectivity index (χ2n) is 1.01. The standard InChI is InChI=1S/C2H5O6P/c1-7-9(5,6)8-2(3)4/h1H3,(H,3,4)(H,5,6). The van der Waals surface area contributed by atoms with Gasteiger partial charge in [-0.15, -0.1) is 0 Å². The van der Waals surface area contributed by atoms with Crippen molar-refractivity contribution in [2.45, 2.75) is 0 Å². The zero-order chi connectivity index (χ0) is 7.49. The molecule has 0 bridgehead atoms. The molecule has 0 spiro atoms. The van der Waals surface area contributed by atoms with Crippen molar-refractivity contribution < 1.29 is 28.4 Å². The van der Waals surface area contributed by atoms with Gasteiger partial charge in [0.25, 0.3) is 0 Å². The van der Waals surface area contributed by atoms with E-state index in [1.54, 1.807) is 0 Å². The molecule has 0 fully saturated rings. The van der Waals surface area contributed by atoms with Crippen LogP contribution in [0.5, 0.6) is 0 Å². The van der Waals surface area contributed by atoms with Crippen LogP contribution >= 0.6 is 7.82 Å². The summed E-state index contributed by atoms with van der Waals surface area (Å²) in [4.78, 5) is 17.8. The Morgan fingerprint density at radius 1 is 1.67 bits per heavy atom. The lowest BCUT2D eigenvalue weighted by Gasteiger charge is -2.03. The Balaban J connectivity index is 3.88. The van der Waals surface area contributed by atoms with E-state index in [4.69, 9.17) is 10.00 Å². The molecule has 1 atom stereocenters. The van der Waals surface area contributed by atoms with Crippen LogP contribution in [0.1, 0.15) is 0 Å². The number of phosphoric ester groups is 1. The van der Waals surface area contributed by atoms with Gasteiger partial charge in [-0.1, -0.05) is 0 Å². The minimum absolute atomic E-state index is 0.865. The van der Waals surface area contributed by atoms with Crippen LogP contribution in [0, 0.1) is 0 Å². The average Bonchev–Trinajstić information content (AvgIpc) is 1.63. The van der Waals surface area contributed by atoms with Crippen LogP contribution in [0.15, 0.2) is 0 Å². The van der Waals surface area contributed by atoms with Crippen molar-refractivity contribution in [3.63, 3.8) is 0 Å². The molecule has 0 heterocycles. The first-order chi connectivity index (χ1) is 3.98. The summed E-state index contributed by atoms with van der Waals surface area (Å²) in [6, 6.07) is 0. The molecule has 0 amide bonds. The maximum Gasteiger partial charge on any atom is 0.531 e. The highest BCUT2D eigenvalue weighted by Crippen LogP contribution is 2.41. The van der Waals surface area contributed by atoms with E-state index in [0.717, 1.165) is 7.11 Å². The molecule has 0 aromatic rings. The topological polar surface area (TPSA) is 93.1 Å². The second kappa shape index (κ2) is 2.82. The van der Waals surface area contributed by atoms with Gasteiger partial charge in [0.2, 0.25) is 0 Å². The van der Waals surface area contributed by atoms with Crippen LogP contribution in [-0.4, -0.2) is 23.3 Å². The molecule has 0 aliphatic carbocycles. The molecular formula is C2H5O6P. The summed E-state index contributed by atoms with van der Waals surface area (Å²) in [6.07, 6.45) is -1.84.